The fraction of sp³-hybridized carbons (Fsp3) is 0.889. The van der Waals surface area contributed by atoms with E-state index in [0.29, 0.717) is 0 Å². The van der Waals surface area contributed by atoms with Gasteiger partial charge in [0.2, 0.25) is 0 Å². The summed E-state index contributed by atoms with van der Waals surface area (Å²) in [6.45, 7) is 2.28. The van der Waals surface area contributed by atoms with Crippen molar-refractivity contribution in [3.63, 3.8) is 0 Å². The highest BCUT2D eigenvalue weighted by atomic mass is 14.3. The molecule has 0 N–H and O–H groups in total. The first-order valence-corrected chi connectivity index (χ1v) is 8.56. The van der Waals surface area contributed by atoms with Gasteiger partial charge < -0.3 is 0 Å². The number of unbranched alkanes of at least 4 members (excludes halogenated alkanes) is 2. The lowest BCUT2D eigenvalue weighted by Gasteiger charge is -2.35. The highest BCUT2D eigenvalue weighted by molar-refractivity contribution is 4.92. The summed E-state index contributed by atoms with van der Waals surface area (Å²) >= 11 is 0. The van der Waals surface area contributed by atoms with E-state index in [1.807, 2.05) is 0 Å². The summed E-state index contributed by atoms with van der Waals surface area (Å²) in [5, 5.41) is 0. The number of allylic oxidation sites excluding steroid dienone is 2. The molecule has 0 aromatic rings. The van der Waals surface area contributed by atoms with Gasteiger partial charge in [0, 0.05) is 0 Å². The molecule has 0 aromatic carbocycles. The fourth-order valence-electron chi connectivity index (χ4n) is 4.03. The van der Waals surface area contributed by atoms with Crippen molar-refractivity contribution in [1.82, 2.24) is 0 Å². The Morgan fingerprint density at radius 1 is 0.833 bits per heavy atom. The van der Waals surface area contributed by atoms with E-state index in [1.165, 1.54) is 64.2 Å². The molecule has 104 valence electrons. The number of hydrogen-bond donors (Lipinski definition) is 0. The third-order valence-corrected chi connectivity index (χ3v) is 5.27. The van der Waals surface area contributed by atoms with E-state index in [1.54, 1.807) is 12.8 Å². The zero-order valence-electron chi connectivity index (χ0n) is 12.4. The standard InChI is InChI=1S/C18H32/c1-2-3-4-6-9-16-12-14-18(15-13-16)17-10-7-5-8-11-17/h6,9,16-18H,2-5,7-8,10-15H2,1H3/b9-6+. The van der Waals surface area contributed by atoms with Crippen LogP contribution in [0.1, 0.15) is 84.0 Å². The smallest absolute Gasteiger partial charge is 0.0233 e. The summed E-state index contributed by atoms with van der Waals surface area (Å²) in [7, 11) is 0. The van der Waals surface area contributed by atoms with Gasteiger partial charge in [-0.1, -0.05) is 64.0 Å². The van der Waals surface area contributed by atoms with Crippen LogP contribution >= 0.6 is 0 Å². The molecule has 0 heterocycles. The summed E-state index contributed by atoms with van der Waals surface area (Å²) in [6, 6.07) is 0. The van der Waals surface area contributed by atoms with Crippen molar-refractivity contribution in [2.75, 3.05) is 0 Å². The van der Waals surface area contributed by atoms with Crippen LogP contribution in [0.15, 0.2) is 12.2 Å². The Kier molecular flexibility index (Phi) is 6.31. The summed E-state index contributed by atoms with van der Waals surface area (Å²) in [4.78, 5) is 0. The quantitative estimate of drug-likeness (QED) is 0.406. The van der Waals surface area contributed by atoms with Crippen LogP contribution in [0.25, 0.3) is 0 Å². The topological polar surface area (TPSA) is 0 Å². The maximum absolute atomic E-state index is 2.53. The van der Waals surface area contributed by atoms with E-state index in [-0.39, 0.29) is 0 Å². The normalized spacial score (nSPS) is 30.9. The Morgan fingerprint density at radius 3 is 2.17 bits per heavy atom. The van der Waals surface area contributed by atoms with Crippen molar-refractivity contribution in [2.45, 2.75) is 84.0 Å². The molecule has 0 saturated heterocycles. The molecular weight excluding hydrogens is 216 g/mol. The second-order valence-electron chi connectivity index (χ2n) is 6.64. The van der Waals surface area contributed by atoms with E-state index in [9.17, 15) is 0 Å². The van der Waals surface area contributed by atoms with E-state index in [0.717, 1.165) is 17.8 Å². The molecule has 0 bridgehead atoms. The summed E-state index contributed by atoms with van der Waals surface area (Å²) in [5.74, 6) is 3.11. The first-order valence-electron chi connectivity index (χ1n) is 8.56. The van der Waals surface area contributed by atoms with Gasteiger partial charge in [0.15, 0.2) is 0 Å². The van der Waals surface area contributed by atoms with Gasteiger partial charge in [-0.15, -0.1) is 0 Å². The third-order valence-electron chi connectivity index (χ3n) is 5.27. The van der Waals surface area contributed by atoms with Crippen molar-refractivity contribution in [2.24, 2.45) is 17.8 Å². The molecular formula is C18H32. The van der Waals surface area contributed by atoms with Gasteiger partial charge in [0.25, 0.3) is 0 Å². The Balaban J connectivity index is 1.65. The van der Waals surface area contributed by atoms with Crippen molar-refractivity contribution >= 4 is 0 Å². The van der Waals surface area contributed by atoms with Crippen LogP contribution in [0.3, 0.4) is 0 Å². The SMILES string of the molecule is CCCC/C=C/C1CCC(C2CCCCC2)CC1. The Hall–Kier alpha value is -0.260. The molecule has 0 atom stereocenters. The highest BCUT2D eigenvalue weighted by Crippen LogP contribution is 2.40. The molecule has 2 aliphatic rings. The van der Waals surface area contributed by atoms with E-state index in [4.69, 9.17) is 0 Å². The average Bonchev–Trinajstić information content (AvgIpc) is 2.45. The van der Waals surface area contributed by atoms with Gasteiger partial charge in [0.1, 0.15) is 0 Å². The molecule has 0 aromatic heterocycles. The van der Waals surface area contributed by atoms with Gasteiger partial charge in [0.05, 0.1) is 0 Å². The fourth-order valence-corrected chi connectivity index (χ4v) is 4.03. The Labute approximate surface area is 114 Å². The molecule has 0 amide bonds. The molecule has 0 radical (unpaired) electrons. The average molecular weight is 248 g/mol. The predicted molar refractivity (Wildman–Crippen MR) is 80.7 cm³/mol. The van der Waals surface area contributed by atoms with E-state index in [2.05, 4.69) is 19.1 Å². The van der Waals surface area contributed by atoms with Gasteiger partial charge in [-0.25, -0.2) is 0 Å². The number of hydrogen-bond acceptors (Lipinski definition) is 0. The molecule has 0 unspecified atom stereocenters. The highest BCUT2D eigenvalue weighted by Gasteiger charge is 2.27. The number of rotatable bonds is 5. The van der Waals surface area contributed by atoms with Crippen molar-refractivity contribution in [3.8, 4) is 0 Å². The third kappa shape index (κ3) is 4.44. The lowest BCUT2D eigenvalue weighted by molar-refractivity contribution is 0.180. The second kappa shape index (κ2) is 8.02. The molecule has 18 heavy (non-hydrogen) atoms. The van der Waals surface area contributed by atoms with Crippen LogP contribution in [0.4, 0.5) is 0 Å². The maximum atomic E-state index is 2.53. The summed E-state index contributed by atoms with van der Waals surface area (Å²) in [5.41, 5.74) is 0. The van der Waals surface area contributed by atoms with Crippen molar-refractivity contribution in [1.29, 1.82) is 0 Å². The van der Waals surface area contributed by atoms with E-state index >= 15 is 0 Å². The lowest BCUT2D eigenvalue weighted by Crippen LogP contribution is -2.23. The van der Waals surface area contributed by atoms with Gasteiger partial charge in [-0.2, -0.15) is 0 Å². The van der Waals surface area contributed by atoms with Crippen LogP contribution in [-0.4, -0.2) is 0 Å². The Morgan fingerprint density at radius 2 is 1.50 bits per heavy atom. The molecule has 2 fully saturated rings. The van der Waals surface area contributed by atoms with Crippen LogP contribution in [0.5, 0.6) is 0 Å². The maximum Gasteiger partial charge on any atom is -0.0233 e. The van der Waals surface area contributed by atoms with Crippen LogP contribution in [-0.2, 0) is 0 Å². The first kappa shape index (κ1) is 14.2. The van der Waals surface area contributed by atoms with Gasteiger partial charge in [-0.05, 0) is 49.9 Å². The molecule has 0 spiro atoms. The van der Waals surface area contributed by atoms with Gasteiger partial charge >= 0.3 is 0 Å². The van der Waals surface area contributed by atoms with Crippen molar-refractivity contribution in [3.05, 3.63) is 12.2 Å². The minimum Gasteiger partial charge on any atom is -0.0883 e. The van der Waals surface area contributed by atoms with Crippen LogP contribution in [0, 0.1) is 17.8 Å². The molecule has 0 heteroatoms. The molecule has 0 nitrogen and oxygen atoms in total. The lowest BCUT2D eigenvalue weighted by atomic mass is 9.71. The minimum absolute atomic E-state index is 0.918. The Bertz CT molecular complexity index is 226. The van der Waals surface area contributed by atoms with Crippen LogP contribution in [0.2, 0.25) is 0 Å². The van der Waals surface area contributed by atoms with E-state index < -0.39 is 0 Å². The van der Waals surface area contributed by atoms with Crippen LogP contribution < -0.4 is 0 Å². The second-order valence-corrected chi connectivity index (χ2v) is 6.64. The largest absolute Gasteiger partial charge is 0.0883 e. The predicted octanol–water partition coefficient (Wildman–Crippen LogP) is 6.12. The molecule has 2 aliphatic carbocycles. The summed E-state index contributed by atoms with van der Waals surface area (Å²) in [6.07, 6.45) is 22.6. The minimum atomic E-state index is 0.918. The zero-order valence-corrected chi connectivity index (χ0v) is 12.4. The first-order chi connectivity index (χ1) is 8.90. The monoisotopic (exact) mass is 248 g/mol. The van der Waals surface area contributed by atoms with Gasteiger partial charge in [-0.3, -0.25) is 0 Å². The molecule has 0 aliphatic heterocycles. The molecule has 2 rings (SSSR count). The summed E-state index contributed by atoms with van der Waals surface area (Å²) < 4.78 is 0. The molecule has 2 saturated carbocycles. The zero-order chi connectivity index (χ0) is 12.6. The van der Waals surface area contributed by atoms with Crippen molar-refractivity contribution < 1.29 is 0 Å².